The zero-order valence-corrected chi connectivity index (χ0v) is 15.0. The zero-order chi connectivity index (χ0) is 17.6. The van der Waals surface area contributed by atoms with E-state index in [1.54, 1.807) is 19.1 Å². The first-order chi connectivity index (χ1) is 11.9. The average molecular weight is 367 g/mol. The maximum Gasteiger partial charge on any atom is 0.276 e. The summed E-state index contributed by atoms with van der Waals surface area (Å²) in [5.74, 6) is 0.917. The second-order valence-electron chi connectivity index (χ2n) is 6.80. The van der Waals surface area contributed by atoms with Crippen molar-refractivity contribution in [3.05, 3.63) is 23.9 Å². The van der Waals surface area contributed by atoms with Gasteiger partial charge in [-0.1, -0.05) is 5.16 Å². The van der Waals surface area contributed by atoms with Gasteiger partial charge in [-0.3, -0.25) is 0 Å². The van der Waals surface area contributed by atoms with Gasteiger partial charge in [0, 0.05) is 31.6 Å². The molecule has 0 spiro atoms. The van der Waals surface area contributed by atoms with Crippen LogP contribution in [0.1, 0.15) is 5.69 Å². The lowest BCUT2D eigenvalue weighted by Gasteiger charge is -2.28. The zero-order valence-electron chi connectivity index (χ0n) is 14.2. The molecule has 2 aliphatic rings. The van der Waals surface area contributed by atoms with Crippen LogP contribution in [-0.4, -0.2) is 68.7 Å². The molecule has 2 aliphatic heterocycles. The Morgan fingerprint density at radius 3 is 2.76 bits per heavy atom. The summed E-state index contributed by atoms with van der Waals surface area (Å²) in [7, 11) is -1.73. The molecule has 0 saturated carbocycles. The van der Waals surface area contributed by atoms with Gasteiger partial charge in [-0.05, 0) is 26.1 Å². The molecule has 25 heavy (non-hydrogen) atoms. The Labute approximate surface area is 146 Å². The summed E-state index contributed by atoms with van der Waals surface area (Å²) >= 11 is 0. The molecule has 0 unspecified atom stereocenters. The van der Waals surface area contributed by atoms with Gasteiger partial charge in [0.2, 0.25) is 10.9 Å². The van der Waals surface area contributed by atoms with Gasteiger partial charge in [-0.15, -0.1) is 0 Å². The Morgan fingerprint density at radius 2 is 2.00 bits per heavy atom. The summed E-state index contributed by atoms with van der Waals surface area (Å²) in [6, 6.07) is 4.56. The molecule has 2 atom stereocenters. The van der Waals surface area contributed by atoms with Gasteiger partial charge in [0.25, 0.3) is 10.0 Å². The highest BCUT2D eigenvalue weighted by Gasteiger charge is 2.40. The SMILES string of the molecule is Cc1cc(-c2ccc(S(=O)(=O)N3C[C@H]4COC[C@@H]3CN(C)C4)o2)on1. The lowest BCUT2D eigenvalue weighted by Crippen LogP contribution is -2.45. The Hall–Kier alpha value is -1.68. The fourth-order valence-electron chi connectivity index (χ4n) is 3.52. The summed E-state index contributed by atoms with van der Waals surface area (Å²) in [4.78, 5) is 2.16. The van der Waals surface area contributed by atoms with Crippen LogP contribution in [0.25, 0.3) is 11.5 Å². The van der Waals surface area contributed by atoms with Gasteiger partial charge in [-0.25, -0.2) is 8.42 Å². The summed E-state index contributed by atoms with van der Waals surface area (Å²) in [5.41, 5.74) is 0.706. The first-order valence-corrected chi connectivity index (χ1v) is 9.69. The molecule has 136 valence electrons. The van der Waals surface area contributed by atoms with E-state index in [4.69, 9.17) is 13.7 Å². The van der Waals surface area contributed by atoms with Crippen molar-refractivity contribution in [1.29, 1.82) is 0 Å². The van der Waals surface area contributed by atoms with Gasteiger partial charge in [0.1, 0.15) is 0 Å². The molecule has 2 saturated heterocycles. The maximum absolute atomic E-state index is 13.2. The van der Waals surface area contributed by atoms with Crippen molar-refractivity contribution < 1.29 is 22.1 Å². The van der Waals surface area contributed by atoms with Crippen LogP contribution in [0, 0.1) is 12.8 Å². The van der Waals surface area contributed by atoms with Crippen LogP contribution in [0.4, 0.5) is 0 Å². The smallest absolute Gasteiger partial charge is 0.276 e. The molecular weight excluding hydrogens is 346 g/mol. The van der Waals surface area contributed by atoms with Crippen LogP contribution in [0.3, 0.4) is 0 Å². The fraction of sp³-hybridized carbons (Fsp3) is 0.562. The van der Waals surface area contributed by atoms with Crippen molar-refractivity contribution in [1.82, 2.24) is 14.4 Å². The topological polar surface area (TPSA) is 89.0 Å². The Morgan fingerprint density at radius 1 is 1.16 bits per heavy atom. The predicted molar refractivity (Wildman–Crippen MR) is 88.4 cm³/mol. The van der Waals surface area contributed by atoms with E-state index in [1.165, 1.54) is 10.4 Å². The van der Waals surface area contributed by atoms with Crippen LogP contribution >= 0.6 is 0 Å². The van der Waals surface area contributed by atoms with Crippen LogP contribution in [0.5, 0.6) is 0 Å². The van der Waals surface area contributed by atoms with Crippen LogP contribution < -0.4 is 0 Å². The van der Waals surface area contributed by atoms with Crippen molar-refractivity contribution in [3.63, 3.8) is 0 Å². The summed E-state index contributed by atoms with van der Waals surface area (Å²) in [6.07, 6.45) is 0. The van der Waals surface area contributed by atoms with E-state index in [0.717, 1.165) is 6.54 Å². The van der Waals surface area contributed by atoms with E-state index in [0.29, 0.717) is 43.5 Å². The van der Waals surface area contributed by atoms with E-state index in [2.05, 4.69) is 10.1 Å². The van der Waals surface area contributed by atoms with Crippen molar-refractivity contribution in [3.8, 4) is 11.5 Å². The number of furan rings is 1. The molecule has 0 amide bonds. The minimum absolute atomic E-state index is 0.0771. The number of hydrogen-bond donors (Lipinski definition) is 0. The summed E-state index contributed by atoms with van der Waals surface area (Å²) < 4.78 is 44.2. The molecule has 0 aliphatic carbocycles. The number of fused-ring (bicyclic) bond motifs is 3. The molecule has 2 fully saturated rings. The number of aryl methyl sites for hydroxylation is 1. The van der Waals surface area contributed by atoms with Crippen molar-refractivity contribution in [2.75, 3.05) is 39.9 Å². The monoisotopic (exact) mass is 367 g/mol. The third kappa shape index (κ3) is 3.12. The summed E-state index contributed by atoms with van der Waals surface area (Å²) in [5, 5.41) is 3.72. The molecule has 0 aromatic carbocycles. The van der Waals surface area contributed by atoms with Gasteiger partial charge in [-0.2, -0.15) is 4.31 Å². The number of nitrogens with zero attached hydrogens (tertiary/aromatic N) is 3. The highest BCUT2D eigenvalue weighted by Crippen LogP contribution is 2.30. The third-order valence-corrected chi connectivity index (χ3v) is 6.41. The molecule has 8 nitrogen and oxygen atoms in total. The lowest BCUT2D eigenvalue weighted by atomic mass is 10.1. The molecule has 4 heterocycles. The maximum atomic E-state index is 13.2. The first-order valence-electron chi connectivity index (χ1n) is 8.25. The minimum Gasteiger partial charge on any atom is -0.440 e. The Kier molecular flexibility index (Phi) is 4.19. The molecule has 4 rings (SSSR count). The standard InChI is InChI=1S/C16H21N3O5S/c1-11-5-15(24-17-11)14-3-4-16(23-14)25(20,21)19-7-12-6-18(2)8-13(19)10-22-9-12/h3-5,12-13H,6-10H2,1-2H3/t12-,13-/m0/s1. The molecule has 2 aromatic heterocycles. The fourth-order valence-corrected chi connectivity index (χ4v) is 5.11. The van der Waals surface area contributed by atoms with Crippen molar-refractivity contribution >= 4 is 10.0 Å². The number of likely N-dealkylation sites (N-methyl/N-ethyl adjacent to an activating group) is 1. The van der Waals surface area contributed by atoms with Gasteiger partial charge in [0.05, 0.1) is 24.9 Å². The number of rotatable bonds is 3. The molecule has 0 N–H and O–H groups in total. The van der Waals surface area contributed by atoms with Crippen molar-refractivity contribution in [2.45, 2.75) is 18.1 Å². The molecule has 9 heteroatoms. The van der Waals surface area contributed by atoms with Gasteiger partial charge >= 0.3 is 0 Å². The molecule has 2 aromatic rings. The highest BCUT2D eigenvalue weighted by atomic mass is 32.2. The number of aromatic nitrogens is 1. The third-order valence-electron chi connectivity index (χ3n) is 4.62. The largest absolute Gasteiger partial charge is 0.440 e. The van der Waals surface area contributed by atoms with E-state index in [1.807, 2.05) is 7.05 Å². The van der Waals surface area contributed by atoms with E-state index in [-0.39, 0.29) is 17.1 Å². The van der Waals surface area contributed by atoms with Crippen LogP contribution in [-0.2, 0) is 14.8 Å². The lowest BCUT2D eigenvalue weighted by molar-refractivity contribution is 0.0658. The van der Waals surface area contributed by atoms with Crippen LogP contribution in [0.2, 0.25) is 0 Å². The summed E-state index contributed by atoms with van der Waals surface area (Å²) in [6.45, 7) is 4.67. The quantitative estimate of drug-likeness (QED) is 0.805. The highest BCUT2D eigenvalue weighted by molar-refractivity contribution is 7.89. The molecular formula is C16H21N3O5S. The predicted octanol–water partition coefficient (Wildman–Crippen LogP) is 1.19. The number of hydrogen-bond acceptors (Lipinski definition) is 7. The molecule has 0 radical (unpaired) electrons. The normalized spacial score (nSPS) is 25.8. The number of sulfonamides is 1. The van der Waals surface area contributed by atoms with E-state index >= 15 is 0 Å². The van der Waals surface area contributed by atoms with Crippen molar-refractivity contribution in [2.24, 2.45) is 5.92 Å². The van der Waals surface area contributed by atoms with Gasteiger partial charge in [0.15, 0.2) is 5.76 Å². The Bertz CT molecular complexity index is 859. The molecule has 2 bridgehead atoms. The first kappa shape index (κ1) is 16.8. The Balaban J connectivity index is 1.66. The van der Waals surface area contributed by atoms with Crippen LogP contribution in [0.15, 0.2) is 32.2 Å². The number of ether oxygens (including phenoxy) is 1. The van der Waals surface area contributed by atoms with E-state index in [9.17, 15) is 8.42 Å². The second kappa shape index (κ2) is 6.24. The average Bonchev–Trinajstić information content (AvgIpc) is 3.10. The van der Waals surface area contributed by atoms with Gasteiger partial charge < -0.3 is 18.6 Å². The van der Waals surface area contributed by atoms with E-state index < -0.39 is 10.0 Å². The minimum atomic E-state index is -3.75. The second-order valence-corrected chi connectivity index (χ2v) is 8.63.